The van der Waals surface area contributed by atoms with Gasteiger partial charge in [0, 0.05) is 5.69 Å². The Morgan fingerprint density at radius 3 is 2.62 bits per heavy atom. The van der Waals surface area contributed by atoms with Crippen LogP contribution in [-0.2, 0) is 9.53 Å². The minimum Gasteiger partial charge on any atom is -0.481 e. The van der Waals surface area contributed by atoms with E-state index < -0.39 is 12.1 Å². The van der Waals surface area contributed by atoms with Gasteiger partial charge in [-0.2, -0.15) is 0 Å². The Kier molecular flexibility index (Phi) is 7.21. The molecule has 2 rings (SSSR count). The number of aryl methyl sites for hydroxylation is 1. The Morgan fingerprint density at radius 2 is 1.88 bits per heavy atom. The number of carbonyl (C=O) groups excluding carboxylic acids is 2. The summed E-state index contributed by atoms with van der Waals surface area (Å²) in [6.45, 7) is 6.07. The highest BCUT2D eigenvalue weighted by molar-refractivity contribution is 5.96. The topological polar surface area (TPSA) is 64.6 Å². The number of hydrogen-bond acceptors (Lipinski definition) is 4. The predicted molar refractivity (Wildman–Crippen MR) is 102 cm³/mol. The van der Waals surface area contributed by atoms with E-state index in [0.717, 1.165) is 18.4 Å². The fourth-order valence-corrected chi connectivity index (χ4v) is 2.31. The molecule has 138 valence electrons. The summed E-state index contributed by atoms with van der Waals surface area (Å²) in [6, 6.07) is 14.2. The number of amides is 1. The van der Waals surface area contributed by atoms with E-state index in [9.17, 15) is 9.59 Å². The summed E-state index contributed by atoms with van der Waals surface area (Å²) in [5.74, 6) is -0.0393. The first-order valence-corrected chi connectivity index (χ1v) is 8.81. The molecule has 5 nitrogen and oxygen atoms in total. The van der Waals surface area contributed by atoms with E-state index in [1.54, 1.807) is 31.2 Å². The maximum atomic E-state index is 12.3. The third-order valence-electron chi connectivity index (χ3n) is 3.77. The summed E-state index contributed by atoms with van der Waals surface area (Å²) in [5.41, 5.74) is 2.00. The second-order valence-electron chi connectivity index (χ2n) is 6.14. The van der Waals surface area contributed by atoms with Gasteiger partial charge in [0.25, 0.3) is 5.91 Å². The lowest BCUT2D eigenvalue weighted by molar-refractivity contribution is -0.122. The molecule has 2 aromatic rings. The van der Waals surface area contributed by atoms with Crippen molar-refractivity contribution in [3.8, 4) is 5.75 Å². The first-order valence-electron chi connectivity index (χ1n) is 8.81. The number of benzene rings is 2. The molecule has 2 aromatic carbocycles. The van der Waals surface area contributed by atoms with Gasteiger partial charge in [-0.1, -0.05) is 31.5 Å². The maximum Gasteiger partial charge on any atom is 0.338 e. The molecule has 1 amide bonds. The van der Waals surface area contributed by atoms with Crippen LogP contribution in [0.5, 0.6) is 5.75 Å². The zero-order valence-corrected chi connectivity index (χ0v) is 15.5. The van der Waals surface area contributed by atoms with Crippen LogP contribution in [0.15, 0.2) is 48.5 Å². The number of anilines is 1. The third kappa shape index (κ3) is 5.92. The van der Waals surface area contributed by atoms with Gasteiger partial charge in [-0.05, 0) is 56.2 Å². The van der Waals surface area contributed by atoms with Crippen molar-refractivity contribution in [1.82, 2.24) is 0 Å². The Hall–Kier alpha value is -2.82. The van der Waals surface area contributed by atoms with E-state index in [0.29, 0.717) is 23.6 Å². The van der Waals surface area contributed by atoms with E-state index in [1.807, 2.05) is 38.1 Å². The smallest absolute Gasteiger partial charge is 0.338 e. The first-order chi connectivity index (χ1) is 12.5. The molecule has 0 aliphatic rings. The molecule has 0 saturated carbocycles. The molecule has 1 atom stereocenters. The number of carbonyl (C=O) groups is 2. The van der Waals surface area contributed by atoms with Crippen molar-refractivity contribution in [3.05, 3.63) is 59.7 Å². The molecule has 0 saturated heterocycles. The van der Waals surface area contributed by atoms with Gasteiger partial charge in [0.2, 0.25) is 0 Å². The van der Waals surface area contributed by atoms with Crippen LogP contribution in [0.25, 0.3) is 0 Å². The minimum absolute atomic E-state index is 0.289. The van der Waals surface area contributed by atoms with Crippen molar-refractivity contribution in [1.29, 1.82) is 0 Å². The monoisotopic (exact) mass is 355 g/mol. The minimum atomic E-state index is -0.669. The van der Waals surface area contributed by atoms with Crippen LogP contribution in [0.2, 0.25) is 0 Å². The highest BCUT2D eigenvalue weighted by Gasteiger charge is 2.16. The molecule has 0 aliphatic heterocycles. The fourth-order valence-electron chi connectivity index (χ4n) is 2.31. The van der Waals surface area contributed by atoms with Gasteiger partial charge < -0.3 is 14.8 Å². The Balaban J connectivity index is 1.95. The van der Waals surface area contributed by atoms with Gasteiger partial charge in [-0.25, -0.2) is 4.79 Å². The number of esters is 1. The predicted octanol–water partition coefficient (Wildman–Crippen LogP) is 4.36. The van der Waals surface area contributed by atoms with Gasteiger partial charge in [0.1, 0.15) is 5.75 Å². The maximum absolute atomic E-state index is 12.3. The fraction of sp³-hybridized carbons (Fsp3) is 0.333. The normalized spacial score (nSPS) is 11.5. The Bertz CT molecular complexity index is 757. The number of ether oxygens (including phenoxy) is 2. The number of nitrogens with one attached hydrogen (secondary N) is 1. The van der Waals surface area contributed by atoms with Gasteiger partial charge in [0.15, 0.2) is 6.10 Å². The molecule has 0 spiro atoms. The van der Waals surface area contributed by atoms with Gasteiger partial charge in [-0.15, -0.1) is 0 Å². The lowest BCUT2D eigenvalue weighted by atomic mass is 10.2. The summed E-state index contributed by atoms with van der Waals surface area (Å²) in [7, 11) is 0. The number of unbranched alkanes of at least 4 members (excludes halogenated alkanes) is 1. The highest BCUT2D eigenvalue weighted by atomic mass is 16.5. The van der Waals surface area contributed by atoms with Gasteiger partial charge >= 0.3 is 5.97 Å². The lowest BCUT2D eigenvalue weighted by Gasteiger charge is -2.15. The van der Waals surface area contributed by atoms with Crippen LogP contribution in [0, 0.1) is 6.92 Å². The first kappa shape index (κ1) is 19.5. The standard InChI is InChI=1S/C21H25NO4/c1-4-5-12-25-21(24)17-9-7-10-18(14-17)22-20(23)16(3)26-19-11-6-8-15(2)13-19/h6-11,13-14,16H,4-5,12H2,1-3H3,(H,22,23). The SMILES string of the molecule is CCCCOC(=O)c1cccc(NC(=O)C(C)Oc2cccc(C)c2)c1. The average Bonchev–Trinajstić information content (AvgIpc) is 2.62. The second kappa shape index (κ2) is 9.61. The van der Waals surface area contributed by atoms with E-state index in [1.165, 1.54) is 0 Å². The average molecular weight is 355 g/mol. The molecule has 1 unspecified atom stereocenters. The van der Waals surface area contributed by atoms with E-state index in [-0.39, 0.29) is 5.91 Å². The zero-order chi connectivity index (χ0) is 18.9. The molecule has 0 bridgehead atoms. The number of rotatable bonds is 8. The molecule has 26 heavy (non-hydrogen) atoms. The van der Waals surface area contributed by atoms with Crippen LogP contribution >= 0.6 is 0 Å². The van der Waals surface area contributed by atoms with E-state index in [4.69, 9.17) is 9.47 Å². The summed E-state index contributed by atoms with van der Waals surface area (Å²) in [5, 5.41) is 2.77. The van der Waals surface area contributed by atoms with E-state index in [2.05, 4.69) is 5.32 Å². The van der Waals surface area contributed by atoms with Crippen LogP contribution < -0.4 is 10.1 Å². The molecular formula is C21H25NO4. The van der Waals surface area contributed by atoms with Crippen LogP contribution in [0.4, 0.5) is 5.69 Å². The molecule has 0 aliphatic carbocycles. The van der Waals surface area contributed by atoms with Crippen molar-refractivity contribution in [2.45, 2.75) is 39.7 Å². The van der Waals surface area contributed by atoms with Gasteiger partial charge in [0.05, 0.1) is 12.2 Å². The van der Waals surface area contributed by atoms with Crippen molar-refractivity contribution < 1.29 is 19.1 Å². The Labute approximate surface area is 154 Å². The van der Waals surface area contributed by atoms with Crippen LogP contribution in [-0.4, -0.2) is 24.6 Å². The molecule has 0 heterocycles. The lowest BCUT2D eigenvalue weighted by Crippen LogP contribution is -2.30. The quantitative estimate of drug-likeness (QED) is 0.564. The summed E-state index contributed by atoms with van der Waals surface area (Å²) in [4.78, 5) is 24.3. The molecule has 0 radical (unpaired) electrons. The molecule has 5 heteroatoms. The van der Waals surface area contributed by atoms with Crippen LogP contribution in [0.1, 0.15) is 42.6 Å². The summed E-state index contributed by atoms with van der Waals surface area (Å²) in [6.07, 6.45) is 1.12. The van der Waals surface area contributed by atoms with Crippen molar-refractivity contribution in [3.63, 3.8) is 0 Å². The largest absolute Gasteiger partial charge is 0.481 e. The summed E-state index contributed by atoms with van der Waals surface area (Å²) < 4.78 is 10.9. The highest BCUT2D eigenvalue weighted by Crippen LogP contribution is 2.16. The number of hydrogen-bond donors (Lipinski definition) is 1. The molecule has 1 N–H and O–H groups in total. The third-order valence-corrected chi connectivity index (χ3v) is 3.77. The summed E-state index contributed by atoms with van der Waals surface area (Å²) >= 11 is 0. The van der Waals surface area contributed by atoms with Crippen molar-refractivity contribution >= 4 is 17.6 Å². The molecule has 0 aromatic heterocycles. The van der Waals surface area contributed by atoms with E-state index >= 15 is 0 Å². The zero-order valence-electron chi connectivity index (χ0n) is 15.5. The van der Waals surface area contributed by atoms with Crippen molar-refractivity contribution in [2.24, 2.45) is 0 Å². The Morgan fingerprint density at radius 1 is 1.12 bits per heavy atom. The van der Waals surface area contributed by atoms with Gasteiger partial charge in [-0.3, -0.25) is 4.79 Å². The van der Waals surface area contributed by atoms with Crippen molar-refractivity contribution in [2.75, 3.05) is 11.9 Å². The molecule has 0 fully saturated rings. The molecular weight excluding hydrogens is 330 g/mol. The van der Waals surface area contributed by atoms with Crippen LogP contribution in [0.3, 0.4) is 0 Å². The second-order valence-corrected chi connectivity index (χ2v) is 6.14.